The van der Waals surface area contributed by atoms with Gasteiger partial charge < -0.3 is 4.23 Å². The fourth-order valence-corrected chi connectivity index (χ4v) is 0.978. The van der Waals surface area contributed by atoms with Crippen LogP contribution in [0.1, 0.15) is 5.69 Å². The zero-order valence-corrected chi connectivity index (χ0v) is 7.41. The summed E-state index contributed by atoms with van der Waals surface area (Å²) < 4.78 is 1.71. The summed E-state index contributed by atoms with van der Waals surface area (Å²) >= 11 is 0. The summed E-state index contributed by atoms with van der Waals surface area (Å²) in [6, 6.07) is 5.83. The van der Waals surface area contributed by atoms with E-state index in [1.54, 1.807) is 10.4 Å². The van der Waals surface area contributed by atoms with Gasteiger partial charge in [-0.3, -0.25) is 4.98 Å². The number of nitrogens with zero attached hydrogens (tertiary/aromatic N) is 2. The normalized spacial score (nSPS) is 10.3. The number of pyridine rings is 1. The second-order valence-corrected chi connectivity index (χ2v) is 3.43. The van der Waals surface area contributed by atoms with Crippen LogP contribution in [-0.4, -0.2) is 30.0 Å². The van der Waals surface area contributed by atoms with E-state index in [1.165, 1.54) is 0 Å². The molecule has 0 fully saturated rings. The maximum atomic E-state index is 4.12. The average molecular weight is 162 g/mol. The molecule has 0 amide bonds. The molecule has 0 aromatic carbocycles. The highest BCUT2D eigenvalue weighted by molar-refractivity contribution is 6.24. The van der Waals surface area contributed by atoms with E-state index in [4.69, 9.17) is 0 Å². The van der Waals surface area contributed by atoms with Crippen molar-refractivity contribution in [3.05, 3.63) is 30.1 Å². The Hall–Kier alpha value is -0.456. The Morgan fingerprint density at radius 1 is 1.40 bits per heavy atom. The van der Waals surface area contributed by atoms with E-state index < -0.39 is 0 Å². The third kappa shape index (κ3) is 2.42. The van der Waals surface area contributed by atoms with Crippen LogP contribution in [0, 0.1) is 0 Å². The van der Waals surface area contributed by atoms with Crippen molar-refractivity contribution in [1.82, 2.24) is 9.22 Å². The molecule has 0 aliphatic rings. The first kappa shape index (κ1) is 7.65. The van der Waals surface area contributed by atoms with Crippen LogP contribution in [0.2, 0.25) is 0 Å². The van der Waals surface area contributed by atoms with Gasteiger partial charge in [-0.2, -0.15) is 0 Å². The molecule has 0 N–H and O–H groups in total. The molecular weight excluding hydrogens is 156 g/mol. The molecule has 0 atom stereocenters. The van der Waals surface area contributed by atoms with Gasteiger partial charge in [-0.05, 0) is 12.1 Å². The van der Waals surface area contributed by atoms with Gasteiger partial charge in [0.1, 0.15) is 20.8 Å². The van der Waals surface area contributed by atoms with Crippen molar-refractivity contribution < 1.29 is 0 Å². The molecule has 6 radical (unpaired) electrons. The molecule has 1 aromatic heterocycles. The van der Waals surface area contributed by atoms with Crippen molar-refractivity contribution in [1.29, 1.82) is 0 Å². The minimum Gasteiger partial charge on any atom is -0.347 e. The van der Waals surface area contributed by atoms with Crippen molar-refractivity contribution in [2.75, 3.05) is 0 Å². The molecule has 48 valence electrons. The molecule has 0 bridgehead atoms. The van der Waals surface area contributed by atoms with Crippen LogP contribution in [0.3, 0.4) is 0 Å². The van der Waals surface area contributed by atoms with Gasteiger partial charge in [0, 0.05) is 12.7 Å². The molecular formula is C6H6N2Si2. The molecule has 0 aliphatic heterocycles. The number of hydrogen-bond donors (Lipinski definition) is 0. The highest BCUT2D eigenvalue weighted by Gasteiger charge is 1.92. The lowest BCUT2D eigenvalue weighted by atomic mass is 10.4. The molecule has 10 heavy (non-hydrogen) atoms. The Kier molecular flexibility index (Phi) is 2.79. The second kappa shape index (κ2) is 3.65. The van der Waals surface area contributed by atoms with Gasteiger partial charge in [0.2, 0.25) is 0 Å². The Labute approximate surface area is 67.3 Å². The molecule has 2 nitrogen and oxygen atoms in total. The SMILES string of the molecule is [Si]N([Si])Cc1ccccn1. The van der Waals surface area contributed by atoms with Crippen LogP contribution in [0.4, 0.5) is 0 Å². The number of aromatic nitrogens is 1. The molecule has 1 aromatic rings. The second-order valence-electron chi connectivity index (χ2n) is 1.91. The minimum atomic E-state index is 0.745. The Morgan fingerprint density at radius 2 is 2.20 bits per heavy atom. The summed E-state index contributed by atoms with van der Waals surface area (Å²) in [7, 11) is 6.53. The highest BCUT2D eigenvalue weighted by Crippen LogP contribution is 1.94. The van der Waals surface area contributed by atoms with Gasteiger partial charge in [-0.15, -0.1) is 0 Å². The van der Waals surface area contributed by atoms with Crippen molar-refractivity contribution in [3.63, 3.8) is 0 Å². The summed E-state index contributed by atoms with van der Waals surface area (Å²) in [4.78, 5) is 4.12. The molecule has 0 saturated carbocycles. The smallest absolute Gasteiger partial charge is 0.135 e. The van der Waals surface area contributed by atoms with Crippen molar-refractivity contribution in [2.24, 2.45) is 0 Å². The largest absolute Gasteiger partial charge is 0.347 e. The minimum absolute atomic E-state index is 0.745. The van der Waals surface area contributed by atoms with Crippen LogP contribution in [0.15, 0.2) is 24.4 Å². The number of rotatable bonds is 2. The Morgan fingerprint density at radius 3 is 2.70 bits per heavy atom. The zero-order chi connectivity index (χ0) is 7.40. The quantitative estimate of drug-likeness (QED) is 0.571. The third-order valence-electron chi connectivity index (χ3n) is 1.05. The van der Waals surface area contributed by atoms with E-state index in [-0.39, 0.29) is 0 Å². The summed E-state index contributed by atoms with van der Waals surface area (Å²) in [5.74, 6) is 0. The van der Waals surface area contributed by atoms with Crippen LogP contribution >= 0.6 is 0 Å². The monoisotopic (exact) mass is 162 g/mol. The molecule has 0 unspecified atom stereocenters. The predicted octanol–water partition coefficient (Wildman–Crippen LogP) is 0.0506. The lowest BCUT2D eigenvalue weighted by molar-refractivity contribution is 0.681. The van der Waals surface area contributed by atoms with Gasteiger partial charge in [0.25, 0.3) is 0 Å². The first-order chi connectivity index (χ1) is 4.79. The predicted molar refractivity (Wildman–Crippen MR) is 41.3 cm³/mol. The van der Waals surface area contributed by atoms with Gasteiger partial charge in [-0.1, -0.05) is 6.07 Å². The van der Waals surface area contributed by atoms with Gasteiger partial charge in [0.15, 0.2) is 0 Å². The zero-order valence-electron chi connectivity index (χ0n) is 5.41. The Bertz CT molecular complexity index is 188. The van der Waals surface area contributed by atoms with E-state index in [1.807, 2.05) is 18.2 Å². The topological polar surface area (TPSA) is 16.1 Å². The Balaban J connectivity index is 2.59. The number of hydrogen-bond acceptors (Lipinski definition) is 2. The van der Waals surface area contributed by atoms with Crippen LogP contribution in [0.25, 0.3) is 0 Å². The molecule has 0 spiro atoms. The first-order valence-corrected chi connectivity index (χ1v) is 3.78. The van der Waals surface area contributed by atoms with E-state index in [2.05, 4.69) is 25.8 Å². The molecule has 1 heterocycles. The van der Waals surface area contributed by atoms with E-state index in [0.717, 1.165) is 12.2 Å². The van der Waals surface area contributed by atoms with E-state index in [9.17, 15) is 0 Å². The fraction of sp³-hybridized carbons (Fsp3) is 0.167. The summed E-state index contributed by atoms with van der Waals surface area (Å²) in [5.41, 5.74) is 1.02. The van der Waals surface area contributed by atoms with Gasteiger partial charge in [-0.25, -0.2) is 0 Å². The molecule has 0 saturated heterocycles. The maximum absolute atomic E-state index is 4.12. The lowest BCUT2D eigenvalue weighted by Crippen LogP contribution is -2.15. The fourth-order valence-electron chi connectivity index (χ4n) is 0.654. The molecule has 4 heteroatoms. The van der Waals surface area contributed by atoms with E-state index >= 15 is 0 Å². The standard InChI is InChI=1S/C6H6N2Si2/c9-8(10)5-6-3-1-2-4-7-6/h1-4H,5H2. The van der Waals surface area contributed by atoms with Gasteiger partial charge in [0.05, 0.1) is 5.69 Å². The summed E-state index contributed by atoms with van der Waals surface area (Å²) in [6.45, 7) is 0.745. The lowest BCUT2D eigenvalue weighted by Gasteiger charge is -2.06. The summed E-state index contributed by atoms with van der Waals surface area (Å²) in [5, 5.41) is 0. The molecule has 0 aliphatic carbocycles. The van der Waals surface area contributed by atoms with Crippen molar-refractivity contribution in [2.45, 2.75) is 6.54 Å². The average Bonchev–Trinajstić information content (AvgIpc) is 1.88. The van der Waals surface area contributed by atoms with Crippen LogP contribution in [0.5, 0.6) is 0 Å². The highest BCUT2D eigenvalue weighted by atomic mass is 28.2. The van der Waals surface area contributed by atoms with Crippen LogP contribution < -0.4 is 0 Å². The van der Waals surface area contributed by atoms with Crippen molar-refractivity contribution >= 4 is 20.8 Å². The van der Waals surface area contributed by atoms with Crippen LogP contribution in [-0.2, 0) is 6.54 Å². The molecule has 1 rings (SSSR count). The van der Waals surface area contributed by atoms with E-state index in [0.29, 0.717) is 0 Å². The third-order valence-corrected chi connectivity index (χ3v) is 1.36. The van der Waals surface area contributed by atoms with Crippen molar-refractivity contribution in [3.8, 4) is 0 Å². The summed E-state index contributed by atoms with van der Waals surface area (Å²) in [6.07, 6.45) is 1.78. The first-order valence-electron chi connectivity index (χ1n) is 2.89. The maximum Gasteiger partial charge on any atom is 0.135 e. The van der Waals surface area contributed by atoms with Gasteiger partial charge >= 0.3 is 0 Å².